The fraction of sp³-hybridized carbons (Fsp3) is 0.333. The van der Waals surface area contributed by atoms with Gasteiger partial charge in [0.25, 0.3) is 0 Å². The van der Waals surface area contributed by atoms with E-state index in [1.54, 1.807) is 11.8 Å². The van der Waals surface area contributed by atoms with Gasteiger partial charge in [-0.3, -0.25) is 10.5 Å². The molecule has 2 aromatic heterocycles. The molecule has 144 valence electrons. The van der Waals surface area contributed by atoms with Crippen LogP contribution in [0.15, 0.2) is 47.5 Å². The molecule has 28 heavy (non-hydrogen) atoms. The summed E-state index contributed by atoms with van der Waals surface area (Å²) in [5.74, 6) is 6.60. The van der Waals surface area contributed by atoms with Crippen LogP contribution in [-0.4, -0.2) is 39.1 Å². The average molecular weight is 393 g/mol. The Hall–Kier alpha value is -2.35. The Kier molecular flexibility index (Phi) is 4.19. The third-order valence-corrected chi connectivity index (χ3v) is 6.87. The number of thioether (sulfide) groups is 1. The minimum atomic E-state index is 0.151. The lowest BCUT2D eigenvalue weighted by Gasteiger charge is -2.21. The highest BCUT2D eigenvalue weighted by Crippen LogP contribution is 2.43. The Labute approximate surface area is 168 Å². The fourth-order valence-electron chi connectivity index (χ4n) is 4.54. The number of nitrogens with two attached hydrogens (primary N) is 2. The van der Waals surface area contributed by atoms with Gasteiger partial charge in [0.15, 0.2) is 0 Å². The van der Waals surface area contributed by atoms with Crippen LogP contribution in [0.3, 0.4) is 0 Å². The summed E-state index contributed by atoms with van der Waals surface area (Å²) in [7, 11) is 0. The third-order valence-electron chi connectivity index (χ3n) is 6.12. The lowest BCUT2D eigenvalue weighted by molar-refractivity contribution is 0.320. The van der Waals surface area contributed by atoms with E-state index in [1.807, 2.05) is 11.2 Å². The second kappa shape index (κ2) is 6.62. The van der Waals surface area contributed by atoms with Crippen LogP contribution in [-0.2, 0) is 12.0 Å². The number of pyridine rings is 1. The first kappa shape index (κ1) is 17.7. The van der Waals surface area contributed by atoms with Crippen molar-refractivity contribution in [2.75, 3.05) is 25.1 Å². The van der Waals surface area contributed by atoms with Crippen molar-refractivity contribution >= 4 is 17.6 Å². The Morgan fingerprint density at radius 2 is 1.86 bits per heavy atom. The number of benzene rings is 1. The summed E-state index contributed by atoms with van der Waals surface area (Å²) in [6.07, 6.45) is 6.12. The smallest absolute Gasteiger partial charge is 0.131 e. The van der Waals surface area contributed by atoms with Gasteiger partial charge in [0.2, 0.25) is 0 Å². The zero-order valence-corrected chi connectivity index (χ0v) is 16.7. The van der Waals surface area contributed by atoms with Gasteiger partial charge in [0, 0.05) is 53.0 Å². The van der Waals surface area contributed by atoms with Crippen LogP contribution in [0, 0.1) is 0 Å². The molecule has 2 aliphatic rings. The Bertz CT molecular complexity index is 1030. The summed E-state index contributed by atoms with van der Waals surface area (Å²) in [4.78, 5) is 5.68. The van der Waals surface area contributed by atoms with E-state index in [0.717, 1.165) is 54.9 Å². The zero-order valence-electron chi connectivity index (χ0n) is 15.9. The van der Waals surface area contributed by atoms with E-state index in [4.69, 9.17) is 16.7 Å². The van der Waals surface area contributed by atoms with E-state index < -0.39 is 0 Å². The minimum Gasteiger partial charge on any atom is -0.383 e. The maximum atomic E-state index is 6.19. The maximum absolute atomic E-state index is 6.19. The first-order chi connectivity index (χ1) is 13.6. The molecule has 0 saturated carbocycles. The Morgan fingerprint density at radius 3 is 2.57 bits per heavy atom. The quantitative estimate of drug-likeness (QED) is 0.526. The van der Waals surface area contributed by atoms with Crippen LogP contribution >= 0.6 is 11.8 Å². The highest BCUT2D eigenvalue weighted by molar-refractivity contribution is 7.98. The summed E-state index contributed by atoms with van der Waals surface area (Å²) in [6, 6.07) is 12.7. The van der Waals surface area contributed by atoms with Gasteiger partial charge >= 0.3 is 0 Å². The lowest BCUT2D eigenvalue weighted by atomic mass is 9.82. The SMILES string of the molecule is CSc1ccc(-c2cc(-c3cc4n(n3)CCC43CCN(N)C3)cnc2N)cc1. The topological polar surface area (TPSA) is 86.0 Å². The number of anilines is 1. The molecule has 1 atom stereocenters. The van der Waals surface area contributed by atoms with Crippen LogP contribution < -0.4 is 11.6 Å². The number of aryl methyl sites for hydroxylation is 1. The first-order valence-electron chi connectivity index (χ1n) is 9.56. The zero-order chi connectivity index (χ0) is 19.3. The molecule has 0 radical (unpaired) electrons. The normalized spacial score (nSPS) is 21.5. The molecule has 0 aliphatic carbocycles. The average Bonchev–Trinajstić information content (AvgIpc) is 3.39. The molecule has 4 N–H and O–H groups in total. The molecule has 1 aromatic carbocycles. The summed E-state index contributed by atoms with van der Waals surface area (Å²) in [5, 5.41) is 6.80. The van der Waals surface area contributed by atoms with E-state index in [0.29, 0.717) is 5.82 Å². The summed E-state index contributed by atoms with van der Waals surface area (Å²) >= 11 is 1.73. The van der Waals surface area contributed by atoms with Gasteiger partial charge in [-0.2, -0.15) is 5.10 Å². The molecule has 1 saturated heterocycles. The van der Waals surface area contributed by atoms with Crippen LogP contribution in [0.25, 0.3) is 22.4 Å². The van der Waals surface area contributed by atoms with Crippen molar-refractivity contribution in [1.29, 1.82) is 0 Å². The largest absolute Gasteiger partial charge is 0.383 e. The van der Waals surface area contributed by atoms with Crippen LogP contribution in [0.5, 0.6) is 0 Å². The lowest BCUT2D eigenvalue weighted by Crippen LogP contribution is -2.33. The molecule has 1 spiro atoms. The number of rotatable bonds is 3. The first-order valence-corrected chi connectivity index (χ1v) is 10.8. The molecular weight excluding hydrogens is 368 g/mol. The van der Waals surface area contributed by atoms with Crippen molar-refractivity contribution in [2.45, 2.75) is 29.7 Å². The molecule has 0 bridgehead atoms. The molecule has 0 amide bonds. The highest BCUT2D eigenvalue weighted by Gasteiger charge is 2.45. The summed E-state index contributed by atoms with van der Waals surface area (Å²) in [6.45, 7) is 2.81. The van der Waals surface area contributed by atoms with Gasteiger partial charge in [-0.1, -0.05) is 12.1 Å². The summed E-state index contributed by atoms with van der Waals surface area (Å²) < 4.78 is 2.15. The molecule has 1 unspecified atom stereocenters. The van der Waals surface area contributed by atoms with Crippen molar-refractivity contribution in [2.24, 2.45) is 5.84 Å². The number of hydrogen-bond acceptors (Lipinski definition) is 6. The van der Waals surface area contributed by atoms with E-state index in [2.05, 4.69) is 52.3 Å². The van der Waals surface area contributed by atoms with Crippen LogP contribution in [0.1, 0.15) is 18.5 Å². The number of aromatic nitrogens is 3. The molecule has 4 heterocycles. The molecule has 5 rings (SSSR count). The second-order valence-corrected chi connectivity index (χ2v) is 8.65. The molecule has 2 aliphatic heterocycles. The van der Waals surface area contributed by atoms with Gasteiger partial charge in [0.1, 0.15) is 5.82 Å². The third kappa shape index (κ3) is 2.82. The van der Waals surface area contributed by atoms with Crippen LogP contribution in [0.2, 0.25) is 0 Å². The van der Waals surface area contributed by atoms with E-state index in [1.165, 1.54) is 10.6 Å². The van der Waals surface area contributed by atoms with Gasteiger partial charge in [-0.25, -0.2) is 9.99 Å². The number of hydrogen-bond donors (Lipinski definition) is 2. The molecule has 6 nitrogen and oxygen atoms in total. The van der Waals surface area contributed by atoms with Gasteiger partial charge in [0.05, 0.1) is 5.69 Å². The van der Waals surface area contributed by atoms with Crippen molar-refractivity contribution in [3.05, 3.63) is 48.3 Å². The molecule has 3 aromatic rings. The predicted molar refractivity (Wildman–Crippen MR) is 114 cm³/mol. The monoisotopic (exact) mass is 392 g/mol. The van der Waals surface area contributed by atoms with Crippen molar-refractivity contribution in [3.63, 3.8) is 0 Å². The molecular formula is C21H24N6S. The van der Waals surface area contributed by atoms with E-state index in [9.17, 15) is 0 Å². The van der Waals surface area contributed by atoms with Crippen molar-refractivity contribution in [3.8, 4) is 22.4 Å². The van der Waals surface area contributed by atoms with Gasteiger partial charge < -0.3 is 5.73 Å². The molecule has 7 heteroatoms. The Balaban J connectivity index is 1.52. The maximum Gasteiger partial charge on any atom is 0.131 e. The Morgan fingerprint density at radius 1 is 1.07 bits per heavy atom. The number of nitrogens with zero attached hydrogens (tertiary/aromatic N) is 4. The van der Waals surface area contributed by atoms with E-state index >= 15 is 0 Å². The van der Waals surface area contributed by atoms with Crippen molar-refractivity contribution in [1.82, 2.24) is 19.8 Å². The van der Waals surface area contributed by atoms with Crippen LogP contribution in [0.4, 0.5) is 5.82 Å². The number of nitrogen functional groups attached to an aromatic ring is 1. The predicted octanol–water partition coefficient (Wildman–Crippen LogP) is 3.14. The number of hydrazine groups is 1. The number of fused-ring (bicyclic) bond motifs is 2. The second-order valence-electron chi connectivity index (χ2n) is 7.77. The van der Waals surface area contributed by atoms with Gasteiger partial charge in [-0.15, -0.1) is 11.8 Å². The summed E-state index contributed by atoms with van der Waals surface area (Å²) in [5.41, 5.74) is 11.6. The standard InChI is InChI=1S/C21H24N6S/c1-28-16-4-2-14(3-5-16)17-10-15(12-24-20(17)22)18-11-19-21(6-8-26(23)13-21)7-9-27(19)25-18/h2-5,10-12H,6-9,13,23H2,1H3,(H2,22,24). The fourth-order valence-corrected chi connectivity index (χ4v) is 4.95. The van der Waals surface area contributed by atoms with Crippen molar-refractivity contribution < 1.29 is 0 Å². The van der Waals surface area contributed by atoms with Gasteiger partial charge in [-0.05, 0) is 48.9 Å². The minimum absolute atomic E-state index is 0.151. The molecule has 1 fully saturated rings. The van der Waals surface area contributed by atoms with E-state index in [-0.39, 0.29) is 5.41 Å². The highest BCUT2D eigenvalue weighted by atomic mass is 32.2.